The quantitative estimate of drug-likeness (QED) is 0.668. The number of aromatic nitrogens is 2. The van der Waals surface area contributed by atoms with Gasteiger partial charge < -0.3 is 9.73 Å². The maximum absolute atomic E-state index is 12.0. The van der Waals surface area contributed by atoms with Crippen molar-refractivity contribution in [2.45, 2.75) is 25.5 Å². The molecule has 1 heterocycles. The van der Waals surface area contributed by atoms with Crippen LogP contribution >= 0.6 is 11.8 Å². The molecule has 0 aliphatic carbocycles. The van der Waals surface area contributed by atoms with E-state index in [0.29, 0.717) is 11.1 Å². The van der Waals surface area contributed by atoms with Crippen LogP contribution in [-0.2, 0) is 11.2 Å². The lowest BCUT2D eigenvalue weighted by atomic mass is 10.1. The molecule has 0 spiro atoms. The Morgan fingerprint density at radius 1 is 1.16 bits per heavy atom. The minimum atomic E-state index is -0.107. The maximum Gasteiger partial charge on any atom is 0.277 e. The summed E-state index contributed by atoms with van der Waals surface area (Å²) in [5.41, 5.74) is 4.02. The van der Waals surface area contributed by atoms with E-state index in [1.165, 1.54) is 17.3 Å². The SMILES string of the molecule is CCc1ccc(NC(=O)CSc2nnc(-c3cccc(C)c3)o2)cc1. The number of carbonyl (C=O) groups is 1. The Bertz CT molecular complexity index is 859. The zero-order chi connectivity index (χ0) is 17.6. The first-order valence-corrected chi connectivity index (χ1v) is 9.04. The average molecular weight is 353 g/mol. The summed E-state index contributed by atoms with van der Waals surface area (Å²) in [5.74, 6) is 0.566. The van der Waals surface area contributed by atoms with Crippen LogP contribution in [0.1, 0.15) is 18.1 Å². The third-order valence-corrected chi connectivity index (χ3v) is 4.46. The first-order chi connectivity index (χ1) is 12.1. The van der Waals surface area contributed by atoms with Gasteiger partial charge in [-0.05, 0) is 43.2 Å². The number of nitrogens with zero attached hydrogens (tertiary/aromatic N) is 2. The minimum absolute atomic E-state index is 0.107. The lowest BCUT2D eigenvalue weighted by Crippen LogP contribution is -2.13. The Hall–Kier alpha value is -2.60. The van der Waals surface area contributed by atoms with Crippen LogP contribution < -0.4 is 5.32 Å². The van der Waals surface area contributed by atoms with Crippen LogP contribution in [0, 0.1) is 6.92 Å². The van der Waals surface area contributed by atoms with E-state index in [1.807, 2.05) is 55.5 Å². The summed E-state index contributed by atoms with van der Waals surface area (Å²) in [6, 6.07) is 15.7. The third-order valence-electron chi connectivity index (χ3n) is 3.64. The number of hydrogen-bond donors (Lipinski definition) is 1. The van der Waals surface area contributed by atoms with Gasteiger partial charge in [-0.3, -0.25) is 4.79 Å². The molecule has 0 radical (unpaired) electrons. The molecule has 3 aromatic rings. The van der Waals surface area contributed by atoms with Gasteiger partial charge in [-0.15, -0.1) is 10.2 Å². The van der Waals surface area contributed by atoms with Crippen LogP contribution in [0.2, 0.25) is 0 Å². The van der Waals surface area contributed by atoms with Crippen LogP contribution in [0.3, 0.4) is 0 Å². The van der Waals surface area contributed by atoms with Crippen LogP contribution in [0.5, 0.6) is 0 Å². The highest BCUT2D eigenvalue weighted by atomic mass is 32.2. The van der Waals surface area contributed by atoms with Gasteiger partial charge in [-0.1, -0.05) is 48.5 Å². The van der Waals surface area contributed by atoms with Gasteiger partial charge in [0.1, 0.15) is 0 Å². The fourth-order valence-corrected chi connectivity index (χ4v) is 2.87. The predicted molar refractivity (Wildman–Crippen MR) is 99.6 cm³/mol. The Labute approximate surface area is 150 Å². The lowest BCUT2D eigenvalue weighted by Gasteiger charge is -2.04. The second-order valence-electron chi connectivity index (χ2n) is 5.63. The molecule has 0 fully saturated rings. The molecule has 25 heavy (non-hydrogen) atoms. The van der Waals surface area contributed by atoms with Crippen molar-refractivity contribution in [1.82, 2.24) is 10.2 Å². The zero-order valence-electron chi connectivity index (χ0n) is 14.2. The molecule has 1 N–H and O–H groups in total. The Morgan fingerprint density at radius 2 is 1.96 bits per heavy atom. The molecule has 1 aromatic heterocycles. The third kappa shape index (κ3) is 4.70. The molecule has 1 amide bonds. The van der Waals surface area contributed by atoms with Crippen molar-refractivity contribution >= 4 is 23.4 Å². The van der Waals surface area contributed by atoms with Crippen molar-refractivity contribution in [1.29, 1.82) is 0 Å². The fourth-order valence-electron chi connectivity index (χ4n) is 2.31. The molecule has 0 aliphatic rings. The summed E-state index contributed by atoms with van der Waals surface area (Å²) in [4.78, 5) is 12.0. The molecule has 5 nitrogen and oxygen atoms in total. The monoisotopic (exact) mass is 353 g/mol. The smallest absolute Gasteiger partial charge is 0.277 e. The summed E-state index contributed by atoms with van der Waals surface area (Å²) in [6.45, 7) is 4.10. The van der Waals surface area contributed by atoms with E-state index in [0.717, 1.165) is 23.2 Å². The molecule has 128 valence electrons. The number of benzene rings is 2. The summed E-state index contributed by atoms with van der Waals surface area (Å²) in [7, 11) is 0. The number of anilines is 1. The predicted octanol–water partition coefficient (Wildman–Crippen LogP) is 4.34. The Balaban J connectivity index is 1.55. The topological polar surface area (TPSA) is 68.0 Å². The number of nitrogens with one attached hydrogen (secondary N) is 1. The van der Waals surface area contributed by atoms with Gasteiger partial charge >= 0.3 is 0 Å². The molecule has 0 bridgehead atoms. The van der Waals surface area contributed by atoms with Crippen LogP contribution in [0.15, 0.2) is 58.2 Å². The number of amides is 1. The highest BCUT2D eigenvalue weighted by molar-refractivity contribution is 7.99. The van der Waals surface area contributed by atoms with E-state index in [9.17, 15) is 4.79 Å². The van der Waals surface area contributed by atoms with E-state index in [1.54, 1.807) is 0 Å². The van der Waals surface area contributed by atoms with E-state index in [4.69, 9.17) is 4.42 Å². The Kier molecular flexibility index (Phi) is 5.50. The molecule has 0 unspecified atom stereocenters. The lowest BCUT2D eigenvalue weighted by molar-refractivity contribution is -0.113. The molecule has 2 aromatic carbocycles. The number of carbonyl (C=O) groups excluding carboxylic acids is 1. The first-order valence-electron chi connectivity index (χ1n) is 8.06. The van der Waals surface area contributed by atoms with Crippen molar-refractivity contribution in [3.05, 3.63) is 59.7 Å². The fraction of sp³-hybridized carbons (Fsp3) is 0.211. The second kappa shape index (κ2) is 7.98. The molecule has 0 saturated heterocycles. The standard InChI is InChI=1S/C19H19N3O2S/c1-3-14-7-9-16(10-8-14)20-17(23)12-25-19-22-21-18(24-19)15-6-4-5-13(2)11-15/h4-11H,3,12H2,1-2H3,(H,20,23). The molecular formula is C19H19N3O2S. The van der Waals surface area contributed by atoms with Crippen molar-refractivity contribution in [2.75, 3.05) is 11.1 Å². The van der Waals surface area contributed by atoms with Crippen molar-refractivity contribution in [3.63, 3.8) is 0 Å². The first kappa shape index (κ1) is 17.2. The molecule has 0 aliphatic heterocycles. The molecule has 6 heteroatoms. The van der Waals surface area contributed by atoms with E-state index in [-0.39, 0.29) is 11.7 Å². The highest BCUT2D eigenvalue weighted by Crippen LogP contribution is 2.23. The van der Waals surface area contributed by atoms with Gasteiger partial charge in [0.25, 0.3) is 5.22 Å². The largest absolute Gasteiger partial charge is 0.411 e. The second-order valence-corrected chi connectivity index (χ2v) is 6.56. The molecule has 0 saturated carbocycles. The van der Waals surface area contributed by atoms with Gasteiger partial charge in [0, 0.05) is 11.3 Å². The van der Waals surface area contributed by atoms with Crippen LogP contribution in [0.25, 0.3) is 11.5 Å². The number of rotatable bonds is 6. The number of hydrogen-bond acceptors (Lipinski definition) is 5. The van der Waals surface area contributed by atoms with E-state index in [2.05, 4.69) is 22.4 Å². The van der Waals surface area contributed by atoms with Gasteiger partial charge in [-0.2, -0.15) is 0 Å². The van der Waals surface area contributed by atoms with Gasteiger partial charge in [0.05, 0.1) is 5.75 Å². The average Bonchev–Trinajstić information content (AvgIpc) is 3.10. The van der Waals surface area contributed by atoms with E-state index >= 15 is 0 Å². The minimum Gasteiger partial charge on any atom is -0.411 e. The van der Waals surface area contributed by atoms with Crippen molar-refractivity contribution in [2.24, 2.45) is 0 Å². The molecular weight excluding hydrogens is 334 g/mol. The summed E-state index contributed by atoms with van der Waals surface area (Å²) in [5, 5.41) is 11.3. The van der Waals surface area contributed by atoms with Crippen molar-refractivity contribution in [3.8, 4) is 11.5 Å². The number of aryl methyl sites for hydroxylation is 2. The van der Waals surface area contributed by atoms with Crippen LogP contribution in [0.4, 0.5) is 5.69 Å². The van der Waals surface area contributed by atoms with Crippen LogP contribution in [-0.4, -0.2) is 21.9 Å². The summed E-state index contributed by atoms with van der Waals surface area (Å²) in [6.07, 6.45) is 0.977. The van der Waals surface area contributed by atoms with Gasteiger partial charge in [0.2, 0.25) is 11.8 Å². The summed E-state index contributed by atoms with van der Waals surface area (Å²) < 4.78 is 5.62. The van der Waals surface area contributed by atoms with Gasteiger partial charge in [-0.25, -0.2) is 0 Å². The molecule has 0 atom stereocenters. The highest BCUT2D eigenvalue weighted by Gasteiger charge is 2.11. The Morgan fingerprint density at radius 3 is 2.68 bits per heavy atom. The molecule has 3 rings (SSSR count). The zero-order valence-corrected chi connectivity index (χ0v) is 15.0. The number of thioether (sulfide) groups is 1. The van der Waals surface area contributed by atoms with E-state index < -0.39 is 0 Å². The summed E-state index contributed by atoms with van der Waals surface area (Å²) >= 11 is 1.22. The van der Waals surface area contributed by atoms with Gasteiger partial charge in [0.15, 0.2) is 0 Å². The maximum atomic E-state index is 12.0. The normalized spacial score (nSPS) is 10.6. The van der Waals surface area contributed by atoms with Crippen molar-refractivity contribution < 1.29 is 9.21 Å².